The van der Waals surface area contributed by atoms with Crippen molar-refractivity contribution in [2.24, 2.45) is 10.2 Å². The van der Waals surface area contributed by atoms with Crippen molar-refractivity contribution in [1.82, 2.24) is 4.72 Å². The topological polar surface area (TPSA) is 91.9 Å². The Labute approximate surface area is 131 Å². The smallest absolute Gasteiger partial charge is 0.269 e. The second-order valence-electron chi connectivity index (χ2n) is 4.64. The highest BCUT2D eigenvalue weighted by molar-refractivity contribution is 8.01. The minimum absolute atomic E-state index is 0.0571. The monoisotopic (exact) mass is 315 g/mol. The Bertz CT molecular complexity index is 721. The first kappa shape index (κ1) is 14.5. The number of allylic oxidation sites excluding steroid dienone is 1. The molecule has 22 heavy (non-hydrogen) atoms. The minimum Gasteiger partial charge on any atom is -0.388 e. The van der Waals surface area contributed by atoms with Crippen LogP contribution in [0.3, 0.4) is 0 Å². The van der Waals surface area contributed by atoms with Crippen LogP contribution in [0.1, 0.15) is 0 Å². The summed E-state index contributed by atoms with van der Waals surface area (Å²) in [5.74, 6) is 0. The van der Waals surface area contributed by atoms with Crippen LogP contribution in [-0.2, 0) is 0 Å². The highest BCUT2D eigenvalue weighted by Gasteiger charge is 2.28. The van der Waals surface area contributed by atoms with Crippen LogP contribution in [0.2, 0.25) is 0 Å². The molecule has 0 fully saturated rings. The third-order valence-corrected chi connectivity index (χ3v) is 4.13. The molecule has 3 rings (SSSR count). The average Bonchev–Trinajstić information content (AvgIpc) is 2.95. The summed E-state index contributed by atoms with van der Waals surface area (Å²) < 4.78 is 3.15. The van der Waals surface area contributed by atoms with E-state index >= 15 is 0 Å². The van der Waals surface area contributed by atoms with E-state index in [0.29, 0.717) is 5.03 Å². The zero-order valence-corrected chi connectivity index (χ0v) is 12.5. The molecule has 1 aromatic carbocycles. The maximum Gasteiger partial charge on any atom is 0.269 e. The van der Waals surface area contributed by atoms with E-state index in [1.54, 1.807) is 6.08 Å². The van der Waals surface area contributed by atoms with Gasteiger partial charge in [0.15, 0.2) is 0 Å². The number of hydrogen-bond acceptors (Lipinski definition) is 7. The van der Waals surface area contributed by atoms with Crippen molar-refractivity contribution < 1.29 is 4.92 Å². The Morgan fingerprint density at radius 2 is 2.09 bits per heavy atom. The van der Waals surface area contributed by atoms with Crippen molar-refractivity contribution in [2.45, 2.75) is 6.04 Å². The fourth-order valence-electron chi connectivity index (χ4n) is 2.06. The average molecular weight is 315 g/mol. The van der Waals surface area contributed by atoms with Gasteiger partial charge in [0.25, 0.3) is 5.70 Å². The van der Waals surface area contributed by atoms with Crippen LogP contribution in [0.25, 0.3) is 0 Å². The van der Waals surface area contributed by atoms with Crippen LogP contribution in [0.5, 0.6) is 0 Å². The second kappa shape index (κ2) is 6.12. The molecular weight excluding hydrogens is 302 g/mol. The SMILES string of the molecule is CNc1ccc(N=NC2=C3C=C([N+](=O)[O-])C=CC3NS2)cc1. The fraction of sp³-hybridized carbons (Fsp3) is 0.143. The number of rotatable bonds is 4. The third-order valence-electron chi connectivity index (χ3n) is 3.25. The summed E-state index contributed by atoms with van der Waals surface area (Å²) >= 11 is 1.33. The van der Waals surface area contributed by atoms with Gasteiger partial charge in [0, 0.05) is 30.5 Å². The van der Waals surface area contributed by atoms with Crippen LogP contribution in [0, 0.1) is 10.1 Å². The summed E-state index contributed by atoms with van der Waals surface area (Å²) in [4.78, 5) is 10.5. The Morgan fingerprint density at radius 3 is 2.77 bits per heavy atom. The number of anilines is 1. The molecule has 1 atom stereocenters. The van der Waals surface area contributed by atoms with E-state index in [2.05, 4.69) is 20.3 Å². The molecule has 8 heteroatoms. The molecule has 1 heterocycles. The normalized spacial score (nSPS) is 20.2. The first-order valence-electron chi connectivity index (χ1n) is 6.58. The van der Waals surface area contributed by atoms with E-state index in [4.69, 9.17) is 0 Å². The molecule has 1 aliphatic heterocycles. The summed E-state index contributed by atoms with van der Waals surface area (Å²) in [6.45, 7) is 0. The molecule has 112 valence electrons. The van der Waals surface area contributed by atoms with Gasteiger partial charge in [-0.05, 0) is 36.2 Å². The van der Waals surface area contributed by atoms with Gasteiger partial charge in [-0.15, -0.1) is 10.2 Å². The molecule has 2 N–H and O–H groups in total. The van der Waals surface area contributed by atoms with Crippen molar-refractivity contribution in [1.29, 1.82) is 0 Å². The summed E-state index contributed by atoms with van der Waals surface area (Å²) in [5.41, 5.74) is 2.55. The summed E-state index contributed by atoms with van der Waals surface area (Å²) in [6.07, 6.45) is 4.79. The van der Waals surface area contributed by atoms with Gasteiger partial charge in [-0.1, -0.05) is 6.08 Å². The van der Waals surface area contributed by atoms with Gasteiger partial charge in [-0.2, -0.15) is 0 Å². The molecule has 0 bridgehead atoms. The molecule has 0 saturated carbocycles. The third kappa shape index (κ3) is 2.92. The van der Waals surface area contributed by atoms with Crippen LogP contribution in [0.15, 0.2) is 69.0 Å². The molecule has 0 saturated heterocycles. The van der Waals surface area contributed by atoms with E-state index < -0.39 is 4.92 Å². The molecule has 0 amide bonds. The van der Waals surface area contributed by atoms with Gasteiger partial charge in [0.1, 0.15) is 5.03 Å². The number of azo groups is 1. The van der Waals surface area contributed by atoms with Gasteiger partial charge in [-0.25, -0.2) is 4.72 Å². The Balaban J connectivity index is 1.84. The van der Waals surface area contributed by atoms with E-state index in [1.807, 2.05) is 31.3 Å². The number of hydrogen-bond donors (Lipinski definition) is 2. The predicted octanol–water partition coefficient (Wildman–Crippen LogP) is 3.37. The van der Waals surface area contributed by atoms with Gasteiger partial charge >= 0.3 is 0 Å². The molecule has 2 aliphatic rings. The summed E-state index contributed by atoms with van der Waals surface area (Å²) in [7, 11) is 1.85. The lowest BCUT2D eigenvalue weighted by Gasteiger charge is -2.09. The molecular formula is C14H13N5O2S. The van der Waals surface area contributed by atoms with E-state index in [0.717, 1.165) is 16.9 Å². The van der Waals surface area contributed by atoms with Crippen LogP contribution in [0.4, 0.5) is 11.4 Å². The van der Waals surface area contributed by atoms with Crippen LogP contribution < -0.4 is 10.0 Å². The van der Waals surface area contributed by atoms with Crippen molar-refractivity contribution in [3.8, 4) is 0 Å². The molecule has 1 unspecified atom stereocenters. The Kier molecular flexibility index (Phi) is 4.03. The van der Waals surface area contributed by atoms with Gasteiger partial charge in [0.05, 0.1) is 16.7 Å². The zero-order chi connectivity index (χ0) is 15.5. The molecule has 7 nitrogen and oxygen atoms in total. The van der Waals surface area contributed by atoms with Gasteiger partial charge in [0.2, 0.25) is 0 Å². The fourth-order valence-corrected chi connectivity index (χ4v) is 2.89. The molecule has 1 aliphatic carbocycles. The maximum atomic E-state index is 10.9. The highest BCUT2D eigenvalue weighted by Crippen LogP contribution is 2.35. The summed E-state index contributed by atoms with van der Waals surface area (Å²) in [5, 5.41) is 22.9. The largest absolute Gasteiger partial charge is 0.388 e. The molecule has 0 spiro atoms. The predicted molar refractivity (Wildman–Crippen MR) is 86.3 cm³/mol. The van der Waals surface area contributed by atoms with Gasteiger partial charge < -0.3 is 5.32 Å². The first-order valence-corrected chi connectivity index (χ1v) is 7.39. The van der Waals surface area contributed by atoms with E-state index in [9.17, 15) is 10.1 Å². The van der Waals surface area contributed by atoms with Crippen LogP contribution in [-0.4, -0.2) is 18.0 Å². The molecule has 0 radical (unpaired) electrons. The maximum absolute atomic E-state index is 10.9. The van der Waals surface area contributed by atoms with Crippen molar-refractivity contribution >= 4 is 23.3 Å². The van der Waals surface area contributed by atoms with Crippen molar-refractivity contribution in [3.63, 3.8) is 0 Å². The molecule has 1 aromatic rings. The van der Waals surface area contributed by atoms with E-state index in [-0.39, 0.29) is 11.7 Å². The Morgan fingerprint density at radius 1 is 1.32 bits per heavy atom. The summed E-state index contributed by atoms with van der Waals surface area (Å²) in [6, 6.07) is 7.45. The first-order chi connectivity index (χ1) is 10.7. The van der Waals surface area contributed by atoms with Crippen molar-refractivity contribution in [2.75, 3.05) is 12.4 Å². The van der Waals surface area contributed by atoms with Crippen molar-refractivity contribution in [3.05, 3.63) is 68.9 Å². The van der Waals surface area contributed by atoms with E-state index in [1.165, 1.54) is 24.1 Å². The lowest BCUT2D eigenvalue weighted by atomic mass is 10.0. The number of fused-ring (bicyclic) bond motifs is 1. The van der Waals surface area contributed by atoms with Crippen LogP contribution >= 0.6 is 11.9 Å². The Hall–Kier alpha value is -2.45. The lowest BCUT2D eigenvalue weighted by Crippen LogP contribution is -2.19. The minimum atomic E-state index is -0.409. The number of nitrogens with zero attached hydrogens (tertiary/aromatic N) is 3. The number of benzene rings is 1. The van der Waals surface area contributed by atoms with Gasteiger partial charge in [-0.3, -0.25) is 10.1 Å². The number of nitrogens with one attached hydrogen (secondary N) is 2. The highest BCUT2D eigenvalue weighted by atomic mass is 32.2. The zero-order valence-electron chi connectivity index (χ0n) is 11.7. The molecule has 0 aromatic heterocycles. The second-order valence-corrected chi connectivity index (χ2v) is 5.47. The standard InChI is InChI=1S/C14H13N5O2S/c1-15-9-2-4-10(5-3-9)16-17-14-12-8-11(19(20)21)6-7-13(12)18-22-14/h2-8,13,15,18H,1H3. The number of nitro groups is 1. The quantitative estimate of drug-likeness (QED) is 0.384. The lowest BCUT2D eigenvalue weighted by molar-refractivity contribution is -0.419.